The van der Waals surface area contributed by atoms with Crippen molar-refractivity contribution >= 4 is 17.3 Å². The van der Waals surface area contributed by atoms with Gasteiger partial charge in [-0.2, -0.15) is 0 Å². The van der Waals surface area contributed by atoms with Crippen LogP contribution in [0.1, 0.15) is 53.1 Å². The Hall–Kier alpha value is -1.36. The number of hydrogen-bond donors (Lipinski definition) is 1. The first kappa shape index (κ1) is 12.7. The Morgan fingerprint density at radius 1 is 1.32 bits per heavy atom. The van der Waals surface area contributed by atoms with Gasteiger partial charge in [-0.25, -0.2) is 9.97 Å². The van der Waals surface area contributed by atoms with Gasteiger partial charge in [0, 0.05) is 17.1 Å². The van der Waals surface area contributed by atoms with E-state index in [4.69, 9.17) is 0 Å². The van der Waals surface area contributed by atoms with Crippen LogP contribution in [-0.4, -0.2) is 14.5 Å². The predicted molar refractivity (Wildman–Crippen MR) is 78.9 cm³/mol. The van der Waals surface area contributed by atoms with Crippen molar-refractivity contribution in [1.29, 1.82) is 0 Å². The maximum atomic E-state index is 4.61. The van der Waals surface area contributed by atoms with Gasteiger partial charge in [0.05, 0.1) is 22.4 Å². The van der Waals surface area contributed by atoms with E-state index in [9.17, 15) is 0 Å². The Morgan fingerprint density at radius 3 is 2.63 bits per heavy atom. The highest BCUT2D eigenvalue weighted by molar-refractivity contribution is 7.11. The summed E-state index contributed by atoms with van der Waals surface area (Å²) in [6, 6.07) is 0.908. The van der Waals surface area contributed by atoms with Crippen LogP contribution in [-0.2, 0) is 0 Å². The van der Waals surface area contributed by atoms with E-state index in [1.165, 1.54) is 17.7 Å². The molecule has 1 unspecified atom stereocenters. The molecule has 0 aromatic carbocycles. The monoisotopic (exact) mass is 276 g/mol. The number of aryl methyl sites for hydroxylation is 3. The van der Waals surface area contributed by atoms with Crippen molar-refractivity contribution in [2.75, 3.05) is 5.32 Å². The summed E-state index contributed by atoms with van der Waals surface area (Å²) in [5.74, 6) is 0.998. The second-order valence-electron chi connectivity index (χ2n) is 5.39. The molecule has 5 heteroatoms. The summed E-state index contributed by atoms with van der Waals surface area (Å²) >= 11 is 1.77. The summed E-state index contributed by atoms with van der Waals surface area (Å²) in [6.07, 6.45) is 4.70. The van der Waals surface area contributed by atoms with E-state index < -0.39 is 0 Å². The number of imidazole rings is 1. The van der Waals surface area contributed by atoms with Crippen molar-refractivity contribution in [3.8, 4) is 0 Å². The summed E-state index contributed by atoms with van der Waals surface area (Å²) in [4.78, 5) is 10.4. The molecule has 4 nitrogen and oxygen atoms in total. The van der Waals surface area contributed by atoms with Gasteiger partial charge >= 0.3 is 0 Å². The highest BCUT2D eigenvalue weighted by Gasteiger charge is 2.27. The molecule has 2 aromatic heterocycles. The van der Waals surface area contributed by atoms with Gasteiger partial charge in [-0.1, -0.05) is 0 Å². The minimum Gasteiger partial charge on any atom is -0.348 e. The van der Waals surface area contributed by atoms with E-state index in [2.05, 4.69) is 53.7 Å². The fourth-order valence-electron chi connectivity index (χ4n) is 2.46. The average Bonchev–Trinajstić information content (AvgIpc) is 3.03. The molecule has 2 heterocycles. The third kappa shape index (κ3) is 2.52. The third-order valence-electron chi connectivity index (χ3n) is 3.47. The van der Waals surface area contributed by atoms with Gasteiger partial charge in [0.15, 0.2) is 0 Å². The minimum atomic E-state index is 0.255. The molecule has 102 valence electrons. The molecule has 0 radical (unpaired) electrons. The zero-order valence-corrected chi connectivity index (χ0v) is 12.7. The summed E-state index contributed by atoms with van der Waals surface area (Å²) in [5, 5.41) is 4.67. The molecule has 3 rings (SSSR count). The smallest absolute Gasteiger partial charge is 0.203 e. The van der Waals surface area contributed by atoms with Gasteiger partial charge in [0.25, 0.3) is 0 Å². The Labute approximate surface area is 117 Å². The molecule has 0 amide bonds. The number of thiazole rings is 1. The van der Waals surface area contributed by atoms with E-state index in [1.54, 1.807) is 11.3 Å². The van der Waals surface area contributed by atoms with Crippen molar-refractivity contribution in [3.63, 3.8) is 0 Å². The molecule has 1 aliphatic carbocycles. The van der Waals surface area contributed by atoms with Crippen LogP contribution in [0.4, 0.5) is 5.95 Å². The molecular formula is C14H20N4S. The van der Waals surface area contributed by atoms with Crippen LogP contribution < -0.4 is 5.32 Å². The topological polar surface area (TPSA) is 42.7 Å². The van der Waals surface area contributed by atoms with Crippen molar-refractivity contribution in [3.05, 3.63) is 27.5 Å². The summed E-state index contributed by atoms with van der Waals surface area (Å²) in [7, 11) is 0. The molecule has 2 aromatic rings. The molecule has 0 aliphatic heterocycles. The van der Waals surface area contributed by atoms with Gasteiger partial charge in [-0.05, 0) is 40.5 Å². The second-order valence-corrected chi connectivity index (χ2v) is 6.63. The van der Waals surface area contributed by atoms with Crippen LogP contribution in [0.3, 0.4) is 0 Å². The number of rotatable bonds is 4. The Balaban J connectivity index is 1.82. The van der Waals surface area contributed by atoms with E-state index in [1.807, 2.05) is 0 Å². The average molecular weight is 276 g/mol. The van der Waals surface area contributed by atoms with Gasteiger partial charge in [-0.3, -0.25) is 0 Å². The van der Waals surface area contributed by atoms with E-state index >= 15 is 0 Å². The normalized spacial score (nSPS) is 16.6. The first-order valence-corrected chi connectivity index (χ1v) is 7.62. The fourth-order valence-corrected chi connectivity index (χ4v) is 3.39. The molecule has 1 N–H and O–H groups in total. The van der Waals surface area contributed by atoms with Crippen LogP contribution in [0, 0.1) is 20.8 Å². The van der Waals surface area contributed by atoms with Crippen LogP contribution in [0.15, 0.2) is 6.20 Å². The largest absolute Gasteiger partial charge is 0.348 e. The lowest BCUT2D eigenvalue weighted by atomic mass is 10.2. The SMILES string of the molecule is Cc1cn(C2CC2)c(NC(C)c2sc(C)nc2C)n1. The minimum absolute atomic E-state index is 0.255. The highest BCUT2D eigenvalue weighted by Crippen LogP contribution is 2.38. The van der Waals surface area contributed by atoms with Crippen molar-refractivity contribution < 1.29 is 0 Å². The van der Waals surface area contributed by atoms with E-state index in [-0.39, 0.29) is 6.04 Å². The summed E-state index contributed by atoms with van der Waals surface area (Å²) in [5.41, 5.74) is 2.21. The lowest BCUT2D eigenvalue weighted by Crippen LogP contribution is -2.11. The first-order valence-electron chi connectivity index (χ1n) is 6.80. The van der Waals surface area contributed by atoms with Crippen LogP contribution >= 0.6 is 11.3 Å². The number of nitrogens with zero attached hydrogens (tertiary/aromatic N) is 3. The van der Waals surface area contributed by atoms with Crippen molar-refractivity contribution in [2.24, 2.45) is 0 Å². The van der Waals surface area contributed by atoms with Gasteiger partial charge in [0.1, 0.15) is 0 Å². The molecule has 1 saturated carbocycles. The van der Waals surface area contributed by atoms with Crippen molar-refractivity contribution in [1.82, 2.24) is 14.5 Å². The molecule has 1 atom stereocenters. The maximum Gasteiger partial charge on any atom is 0.203 e. The lowest BCUT2D eigenvalue weighted by Gasteiger charge is -2.15. The van der Waals surface area contributed by atoms with Crippen LogP contribution in [0.25, 0.3) is 0 Å². The number of hydrogen-bond acceptors (Lipinski definition) is 4. The Kier molecular flexibility index (Phi) is 3.09. The molecule has 0 spiro atoms. The molecule has 1 aliphatic rings. The van der Waals surface area contributed by atoms with Crippen LogP contribution in [0.5, 0.6) is 0 Å². The molecule has 19 heavy (non-hydrogen) atoms. The first-order chi connectivity index (χ1) is 9.04. The summed E-state index contributed by atoms with van der Waals surface area (Å²) < 4.78 is 2.29. The number of aromatic nitrogens is 3. The second kappa shape index (κ2) is 4.63. The third-order valence-corrected chi connectivity index (χ3v) is 4.73. The maximum absolute atomic E-state index is 4.61. The molecule has 0 bridgehead atoms. The molecule has 1 fully saturated rings. The quantitative estimate of drug-likeness (QED) is 0.924. The number of nitrogens with one attached hydrogen (secondary N) is 1. The Bertz CT molecular complexity index is 595. The predicted octanol–water partition coefficient (Wildman–Crippen LogP) is 3.77. The van der Waals surface area contributed by atoms with Crippen molar-refractivity contribution in [2.45, 2.75) is 52.6 Å². The lowest BCUT2D eigenvalue weighted by molar-refractivity contribution is 0.728. The summed E-state index contributed by atoms with van der Waals surface area (Å²) in [6.45, 7) is 8.37. The van der Waals surface area contributed by atoms with E-state index in [0.717, 1.165) is 22.3 Å². The number of anilines is 1. The van der Waals surface area contributed by atoms with Gasteiger partial charge in [0.2, 0.25) is 5.95 Å². The molecular weight excluding hydrogens is 256 g/mol. The zero-order chi connectivity index (χ0) is 13.6. The fraction of sp³-hybridized carbons (Fsp3) is 0.571. The Morgan fingerprint density at radius 2 is 2.05 bits per heavy atom. The van der Waals surface area contributed by atoms with Gasteiger partial charge < -0.3 is 9.88 Å². The molecule has 0 saturated heterocycles. The van der Waals surface area contributed by atoms with Gasteiger partial charge in [-0.15, -0.1) is 11.3 Å². The highest BCUT2D eigenvalue weighted by atomic mass is 32.1. The van der Waals surface area contributed by atoms with E-state index in [0.29, 0.717) is 6.04 Å². The zero-order valence-electron chi connectivity index (χ0n) is 11.9. The standard InChI is InChI=1S/C14H20N4S/c1-8-7-18(12-5-6-12)14(15-8)17-10(3)13-9(2)16-11(4)19-13/h7,10,12H,5-6H2,1-4H3,(H,15,17). The van der Waals surface area contributed by atoms with Crippen LogP contribution in [0.2, 0.25) is 0 Å².